The van der Waals surface area contributed by atoms with Gasteiger partial charge in [-0.2, -0.15) is 0 Å². The summed E-state index contributed by atoms with van der Waals surface area (Å²) in [5, 5.41) is 0. The summed E-state index contributed by atoms with van der Waals surface area (Å²) >= 11 is 0. The van der Waals surface area contributed by atoms with Crippen LogP contribution in [0, 0.1) is 0 Å². The highest BCUT2D eigenvalue weighted by atomic mass is 16.5. The van der Waals surface area contributed by atoms with Crippen LogP contribution in [-0.4, -0.2) is 12.2 Å². The van der Waals surface area contributed by atoms with Crippen molar-refractivity contribution < 1.29 is 4.74 Å². The van der Waals surface area contributed by atoms with Gasteiger partial charge in [0.25, 0.3) is 0 Å². The maximum atomic E-state index is 7.02. The molecule has 6 rings (SSSR count). The topological polar surface area (TPSA) is 9.23 Å². The van der Waals surface area contributed by atoms with Gasteiger partial charge in [0.2, 0.25) is 0 Å². The summed E-state index contributed by atoms with van der Waals surface area (Å²) in [5.74, 6) is 0. The van der Waals surface area contributed by atoms with Crippen LogP contribution < -0.4 is 0 Å². The minimum absolute atomic E-state index is 0.0832. The molecule has 200 valence electrons. The zero-order valence-electron chi connectivity index (χ0n) is 23.2. The predicted octanol–water partition coefficient (Wildman–Crippen LogP) is 9.64. The second-order valence-corrected chi connectivity index (χ2v) is 11.9. The zero-order valence-corrected chi connectivity index (χ0v) is 23.2. The van der Waals surface area contributed by atoms with Crippen molar-refractivity contribution in [1.82, 2.24) is 0 Å². The fourth-order valence-corrected chi connectivity index (χ4v) is 7.68. The molecule has 0 aromatic heterocycles. The van der Waals surface area contributed by atoms with E-state index in [1.807, 2.05) is 0 Å². The maximum absolute atomic E-state index is 7.02. The van der Waals surface area contributed by atoms with Crippen molar-refractivity contribution in [2.24, 2.45) is 0 Å². The standard InChI is InChI=1S/C38H42O/c1-5-15-31(16-6-1)37(32-17-7-2-8-18-32)27-13-23-35(25-29-37)39-36-24-14-28-38(30-26-36,33-19-9-3-10-20-33)34-21-11-4-12-22-34/h1-12,15-22,35-36H,13-14,23-30H2. The summed E-state index contributed by atoms with van der Waals surface area (Å²) in [6.07, 6.45) is 12.4. The van der Waals surface area contributed by atoms with Crippen LogP contribution in [0.5, 0.6) is 0 Å². The molecule has 39 heavy (non-hydrogen) atoms. The summed E-state index contributed by atoms with van der Waals surface area (Å²) < 4.78 is 7.02. The maximum Gasteiger partial charge on any atom is 0.0579 e. The van der Waals surface area contributed by atoms with Crippen LogP contribution in [0.2, 0.25) is 0 Å². The van der Waals surface area contributed by atoms with E-state index in [2.05, 4.69) is 121 Å². The van der Waals surface area contributed by atoms with Gasteiger partial charge in [0.05, 0.1) is 12.2 Å². The average molecular weight is 515 g/mol. The van der Waals surface area contributed by atoms with E-state index in [0.717, 1.165) is 25.7 Å². The minimum Gasteiger partial charge on any atom is -0.375 e. The van der Waals surface area contributed by atoms with Crippen molar-refractivity contribution in [3.05, 3.63) is 144 Å². The molecule has 4 aromatic carbocycles. The first kappa shape index (κ1) is 26.1. The van der Waals surface area contributed by atoms with E-state index in [0.29, 0.717) is 12.2 Å². The lowest BCUT2D eigenvalue weighted by Crippen LogP contribution is -2.29. The lowest BCUT2D eigenvalue weighted by atomic mass is 9.69. The molecular weight excluding hydrogens is 472 g/mol. The van der Waals surface area contributed by atoms with E-state index >= 15 is 0 Å². The van der Waals surface area contributed by atoms with Gasteiger partial charge in [-0.05, 0) is 86.5 Å². The molecule has 2 aliphatic carbocycles. The molecule has 4 aromatic rings. The molecule has 0 heterocycles. The Hall–Kier alpha value is -3.16. The van der Waals surface area contributed by atoms with Crippen LogP contribution in [0.1, 0.15) is 86.5 Å². The first-order valence-corrected chi connectivity index (χ1v) is 15.2. The van der Waals surface area contributed by atoms with Gasteiger partial charge < -0.3 is 4.74 Å². The van der Waals surface area contributed by atoms with E-state index in [4.69, 9.17) is 4.74 Å². The molecule has 0 amide bonds. The Morgan fingerprint density at radius 1 is 0.385 bits per heavy atom. The van der Waals surface area contributed by atoms with Crippen molar-refractivity contribution in [2.45, 2.75) is 87.2 Å². The molecule has 2 aliphatic rings. The van der Waals surface area contributed by atoms with Crippen molar-refractivity contribution in [3.8, 4) is 0 Å². The lowest BCUT2D eigenvalue weighted by molar-refractivity contribution is -0.0269. The molecule has 2 fully saturated rings. The fourth-order valence-electron chi connectivity index (χ4n) is 7.68. The number of benzene rings is 4. The van der Waals surface area contributed by atoms with E-state index in [9.17, 15) is 0 Å². The fraction of sp³-hybridized carbons (Fsp3) is 0.368. The lowest BCUT2D eigenvalue weighted by Gasteiger charge is -2.35. The summed E-state index contributed by atoms with van der Waals surface area (Å²) in [4.78, 5) is 0. The smallest absolute Gasteiger partial charge is 0.0579 e. The van der Waals surface area contributed by atoms with Gasteiger partial charge in [0.1, 0.15) is 0 Å². The highest BCUT2D eigenvalue weighted by Gasteiger charge is 2.39. The van der Waals surface area contributed by atoms with Gasteiger partial charge in [-0.1, -0.05) is 121 Å². The highest BCUT2D eigenvalue weighted by Crippen LogP contribution is 2.47. The summed E-state index contributed by atoms with van der Waals surface area (Å²) in [7, 11) is 0. The third-order valence-electron chi connectivity index (χ3n) is 9.74. The van der Waals surface area contributed by atoms with Crippen molar-refractivity contribution in [2.75, 3.05) is 0 Å². The molecule has 0 aliphatic heterocycles. The molecular formula is C38H42O. The number of hydrogen-bond acceptors (Lipinski definition) is 1. The monoisotopic (exact) mass is 514 g/mol. The number of hydrogen-bond donors (Lipinski definition) is 0. The largest absolute Gasteiger partial charge is 0.375 e. The molecule has 2 atom stereocenters. The second kappa shape index (κ2) is 11.9. The molecule has 1 heteroatoms. The quantitative estimate of drug-likeness (QED) is 0.233. The molecule has 0 N–H and O–H groups in total. The molecule has 0 saturated heterocycles. The molecule has 0 spiro atoms. The Morgan fingerprint density at radius 2 is 0.692 bits per heavy atom. The molecule has 0 bridgehead atoms. The average Bonchev–Trinajstić information content (AvgIpc) is 3.37. The van der Waals surface area contributed by atoms with E-state index in [1.165, 1.54) is 60.8 Å². The normalized spacial score (nSPS) is 22.9. The summed E-state index contributed by atoms with van der Waals surface area (Å²) in [5.41, 5.74) is 6.01. The Labute approximate surface area is 235 Å². The first-order valence-electron chi connectivity index (χ1n) is 15.2. The Bertz CT molecular complexity index is 1100. The van der Waals surface area contributed by atoms with Crippen LogP contribution in [-0.2, 0) is 15.6 Å². The Kier molecular flexibility index (Phi) is 7.98. The van der Waals surface area contributed by atoms with Crippen LogP contribution in [0.3, 0.4) is 0 Å². The molecule has 1 nitrogen and oxygen atoms in total. The van der Waals surface area contributed by atoms with Crippen molar-refractivity contribution in [1.29, 1.82) is 0 Å². The van der Waals surface area contributed by atoms with Crippen molar-refractivity contribution in [3.63, 3.8) is 0 Å². The van der Waals surface area contributed by atoms with E-state index in [-0.39, 0.29) is 10.8 Å². The van der Waals surface area contributed by atoms with E-state index < -0.39 is 0 Å². The Morgan fingerprint density at radius 3 is 1.00 bits per heavy atom. The van der Waals surface area contributed by atoms with Gasteiger partial charge in [0, 0.05) is 10.8 Å². The predicted molar refractivity (Wildman–Crippen MR) is 162 cm³/mol. The minimum atomic E-state index is 0.0832. The second-order valence-electron chi connectivity index (χ2n) is 11.9. The molecule has 2 saturated carbocycles. The number of rotatable bonds is 6. The van der Waals surface area contributed by atoms with E-state index in [1.54, 1.807) is 0 Å². The van der Waals surface area contributed by atoms with Gasteiger partial charge in [-0.25, -0.2) is 0 Å². The van der Waals surface area contributed by atoms with Gasteiger partial charge in [0.15, 0.2) is 0 Å². The van der Waals surface area contributed by atoms with Gasteiger partial charge >= 0.3 is 0 Å². The SMILES string of the molecule is c1ccc(C2(c3ccccc3)CCCC(OC3CCCC(c4ccccc4)(c4ccccc4)CC3)CC2)cc1. The van der Waals surface area contributed by atoms with Gasteiger partial charge in [-0.3, -0.25) is 0 Å². The highest BCUT2D eigenvalue weighted by molar-refractivity contribution is 5.41. The Balaban J connectivity index is 1.19. The van der Waals surface area contributed by atoms with Gasteiger partial charge in [-0.15, -0.1) is 0 Å². The third-order valence-corrected chi connectivity index (χ3v) is 9.74. The van der Waals surface area contributed by atoms with Crippen LogP contribution >= 0.6 is 0 Å². The summed E-state index contributed by atoms with van der Waals surface area (Å²) in [6.45, 7) is 0. The van der Waals surface area contributed by atoms with Crippen LogP contribution in [0.15, 0.2) is 121 Å². The van der Waals surface area contributed by atoms with Crippen molar-refractivity contribution >= 4 is 0 Å². The molecule has 0 radical (unpaired) electrons. The number of ether oxygens (including phenoxy) is 1. The molecule has 2 unspecified atom stereocenters. The van der Waals surface area contributed by atoms with Crippen LogP contribution in [0.4, 0.5) is 0 Å². The first-order chi connectivity index (χ1) is 19.3. The zero-order chi connectivity index (χ0) is 26.4. The van der Waals surface area contributed by atoms with Crippen LogP contribution in [0.25, 0.3) is 0 Å². The third kappa shape index (κ3) is 5.48. The summed E-state index contributed by atoms with van der Waals surface area (Å²) in [6, 6.07) is 44.9.